The summed E-state index contributed by atoms with van der Waals surface area (Å²) in [7, 11) is 0. The van der Waals surface area contributed by atoms with Crippen LogP contribution in [-0.2, 0) is 29.1 Å². The first kappa shape index (κ1) is 23.5. The summed E-state index contributed by atoms with van der Waals surface area (Å²) in [6.07, 6.45) is 5.45. The summed E-state index contributed by atoms with van der Waals surface area (Å²) < 4.78 is 29.8. The van der Waals surface area contributed by atoms with Crippen molar-refractivity contribution in [3.63, 3.8) is 0 Å². The third-order valence-electron chi connectivity index (χ3n) is 7.90. The SMILES string of the molecule is C[C@]1(C(=O)O)CC[C@H](CC(=O)N2CCc3c(n(Cc4ccc(F)cc4F)c4ncccc34)C2)CC1. The van der Waals surface area contributed by atoms with Crippen LogP contribution in [0.1, 0.15) is 55.8 Å². The summed E-state index contributed by atoms with van der Waals surface area (Å²) in [5, 5.41) is 10.5. The van der Waals surface area contributed by atoms with Gasteiger partial charge in [0.1, 0.15) is 17.3 Å². The van der Waals surface area contributed by atoms with Gasteiger partial charge in [-0.1, -0.05) is 6.07 Å². The molecule has 184 valence electrons. The number of carbonyl (C=O) groups excluding carboxylic acids is 1. The van der Waals surface area contributed by atoms with E-state index < -0.39 is 23.0 Å². The minimum Gasteiger partial charge on any atom is -0.481 e. The highest BCUT2D eigenvalue weighted by molar-refractivity contribution is 5.84. The molecule has 5 rings (SSSR count). The predicted molar refractivity (Wildman–Crippen MR) is 127 cm³/mol. The largest absolute Gasteiger partial charge is 0.481 e. The maximum atomic E-state index is 14.5. The van der Waals surface area contributed by atoms with Crippen molar-refractivity contribution >= 4 is 22.9 Å². The lowest BCUT2D eigenvalue weighted by Gasteiger charge is -2.35. The summed E-state index contributed by atoms with van der Waals surface area (Å²) >= 11 is 0. The lowest BCUT2D eigenvalue weighted by atomic mass is 9.71. The van der Waals surface area contributed by atoms with Crippen LogP contribution in [0.15, 0.2) is 36.5 Å². The average molecular weight is 482 g/mol. The van der Waals surface area contributed by atoms with E-state index in [1.807, 2.05) is 21.6 Å². The Kier molecular flexibility index (Phi) is 6.07. The molecule has 3 aromatic rings. The van der Waals surface area contributed by atoms with E-state index in [0.717, 1.165) is 41.2 Å². The Morgan fingerprint density at radius 2 is 1.97 bits per heavy atom. The number of hydrogen-bond acceptors (Lipinski definition) is 3. The first-order chi connectivity index (χ1) is 16.7. The van der Waals surface area contributed by atoms with E-state index in [-0.39, 0.29) is 18.4 Å². The van der Waals surface area contributed by atoms with Crippen molar-refractivity contribution in [2.75, 3.05) is 6.54 Å². The summed E-state index contributed by atoms with van der Waals surface area (Å²) in [5.41, 5.74) is 2.46. The predicted octanol–water partition coefficient (Wildman–Crippen LogP) is 4.92. The van der Waals surface area contributed by atoms with Crippen LogP contribution in [0.3, 0.4) is 0 Å². The lowest BCUT2D eigenvalue weighted by molar-refractivity contribution is -0.150. The fourth-order valence-corrected chi connectivity index (χ4v) is 5.57. The van der Waals surface area contributed by atoms with Crippen LogP contribution in [0, 0.1) is 23.0 Å². The molecular weight excluding hydrogens is 452 g/mol. The van der Waals surface area contributed by atoms with Gasteiger partial charge >= 0.3 is 5.97 Å². The van der Waals surface area contributed by atoms with Crippen molar-refractivity contribution < 1.29 is 23.5 Å². The Balaban J connectivity index is 1.36. The first-order valence-electron chi connectivity index (χ1n) is 12.2. The topological polar surface area (TPSA) is 75.4 Å². The van der Waals surface area contributed by atoms with E-state index in [1.165, 1.54) is 12.1 Å². The van der Waals surface area contributed by atoms with Gasteiger partial charge in [-0.2, -0.15) is 0 Å². The molecule has 1 aliphatic heterocycles. The van der Waals surface area contributed by atoms with Crippen molar-refractivity contribution in [3.8, 4) is 0 Å². The average Bonchev–Trinajstić information content (AvgIpc) is 3.15. The second kappa shape index (κ2) is 9.06. The normalized spacial score (nSPS) is 22.3. The molecule has 35 heavy (non-hydrogen) atoms. The summed E-state index contributed by atoms with van der Waals surface area (Å²) in [5.74, 6) is -1.72. The van der Waals surface area contributed by atoms with Gasteiger partial charge in [-0.3, -0.25) is 9.59 Å². The molecule has 6 nitrogen and oxygen atoms in total. The van der Waals surface area contributed by atoms with Gasteiger partial charge in [0.25, 0.3) is 0 Å². The molecule has 3 heterocycles. The minimum atomic E-state index is -0.759. The van der Waals surface area contributed by atoms with Gasteiger partial charge in [0.05, 0.1) is 18.5 Å². The molecule has 0 atom stereocenters. The van der Waals surface area contributed by atoms with Crippen molar-refractivity contribution in [3.05, 3.63) is 65.0 Å². The molecule has 1 saturated carbocycles. The molecule has 0 saturated heterocycles. The Labute approximate surface area is 202 Å². The minimum absolute atomic E-state index is 0.0670. The monoisotopic (exact) mass is 481 g/mol. The number of carboxylic acid groups (broad SMARTS) is 1. The van der Waals surface area contributed by atoms with Crippen LogP contribution in [0.2, 0.25) is 0 Å². The highest BCUT2D eigenvalue weighted by atomic mass is 19.1. The molecule has 0 unspecified atom stereocenters. The van der Waals surface area contributed by atoms with Crippen molar-refractivity contribution in [2.24, 2.45) is 11.3 Å². The molecule has 0 bridgehead atoms. The first-order valence-corrected chi connectivity index (χ1v) is 12.2. The highest BCUT2D eigenvalue weighted by Crippen LogP contribution is 2.40. The summed E-state index contributed by atoms with van der Waals surface area (Å²) in [4.78, 5) is 31.1. The number of rotatable bonds is 5. The van der Waals surface area contributed by atoms with E-state index in [4.69, 9.17) is 0 Å². The van der Waals surface area contributed by atoms with E-state index in [0.29, 0.717) is 44.3 Å². The number of halogens is 2. The summed E-state index contributed by atoms with van der Waals surface area (Å²) in [6, 6.07) is 7.45. The second-order valence-electron chi connectivity index (χ2n) is 10.2. The van der Waals surface area contributed by atoms with E-state index in [2.05, 4.69) is 4.98 Å². The third kappa shape index (κ3) is 4.42. The summed E-state index contributed by atoms with van der Waals surface area (Å²) in [6.45, 7) is 3.00. The zero-order valence-corrected chi connectivity index (χ0v) is 19.8. The van der Waals surface area contributed by atoms with E-state index >= 15 is 0 Å². The Bertz CT molecular complexity index is 1290. The quantitative estimate of drug-likeness (QED) is 0.561. The number of benzene rings is 1. The fraction of sp³-hybridized carbons (Fsp3) is 0.444. The number of carboxylic acids is 1. The molecule has 8 heteroatoms. The second-order valence-corrected chi connectivity index (χ2v) is 10.2. The van der Waals surface area contributed by atoms with E-state index in [9.17, 15) is 23.5 Å². The molecule has 1 fully saturated rings. The molecule has 0 radical (unpaired) electrons. The zero-order chi connectivity index (χ0) is 24.7. The Morgan fingerprint density at radius 1 is 1.20 bits per heavy atom. The van der Waals surface area contributed by atoms with Gasteiger partial charge in [0.2, 0.25) is 5.91 Å². The number of hydrogen-bond donors (Lipinski definition) is 1. The van der Waals surface area contributed by atoms with Crippen LogP contribution < -0.4 is 0 Å². The Hall–Kier alpha value is -3.29. The van der Waals surface area contributed by atoms with Gasteiger partial charge in [0.15, 0.2) is 0 Å². The number of pyridine rings is 1. The molecule has 2 aromatic heterocycles. The third-order valence-corrected chi connectivity index (χ3v) is 7.90. The maximum absolute atomic E-state index is 14.5. The van der Waals surface area contributed by atoms with Crippen molar-refractivity contribution in [1.82, 2.24) is 14.5 Å². The molecule has 2 aliphatic rings. The number of carbonyl (C=O) groups is 2. The van der Waals surface area contributed by atoms with Crippen LogP contribution in [-0.4, -0.2) is 38.0 Å². The standard InChI is InChI=1S/C27H29F2N3O3/c1-27(26(34)35)9-6-17(7-10-27)13-24(33)31-12-8-20-21-3-2-11-30-25(21)32(23(20)16-31)15-18-4-5-19(28)14-22(18)29/h2-5,11,14,17H,6-10,12-13,15-16H2,1H3,(H,34,35)/t17-,27-. The van der Waals surface area contributed by atoms with Crippen LogP contribution in [0.5, 0.6) is 0 Å². The maximum Gasteiger partial charge on any atom is 0.309 e. The van der Waals surface area contributed by atoms with Crippen molar-refractivity contribution in [1.29, 1.82) is 0 Å². The number of aliphatic carboxylic acids is 1. The molecule has 0 spiro atoms. The molecule has 1 N–H and O–H groups in total. The molecular formula is C27H29F2N3O3. The highest BCUT2D eigenvalue weighted by Gasteiger charge is 2.38. The number of fused-ring (bicyclic) bond motifs is 3. The Morgan fingerprint density at radius 3 is 2.69 bits per heavy atom. The van der Waals surface area contributed by atoms with E-state index in [1.54, 1.807) is 13.1 Å². The molecule has 1 aliphatic carbocycles. The van der Waals surface area contributed by atoms with Crippen LogP contribution >= 0.6 is 0 Å². The van der Waals surface area contributed by atoms with Crippen molar-refractivity contribution in [2.45, 2.75) is 58.5 Å². The zero-order valence-electron chi connectivity index (χ0n) is 19.8. The number of amides is 1. The van der Waals surface area contributed by atoms with Crippen LogP contribution in [0.25, 0.3) is 11.0 Å². The molecule has 1 aromatic carbocycles. The van der Waals surface area contributed by atoms with Gasteiger partial charge in [-0.15, -0.1) is 0 Å². The van der Waals surface area contributed by atoms with Crippen LogP contribution in [0.4, 0.5) is 8.78 Å². The van der Waals surface area contributed by atoms with Gasteiger partial charge < -0.3 is 14.6 Å². The van der Waals surface area contributed by atoms with Gasteiger partial charge in [-0.05, 0) is 68.7 Å². The van der Waals surface area contributed by atoms with Gasteiger partial charge in [-0.25, -0.2) is 13.8 Å². The van der Waals surface area contributed by atoms with Gasteiger partial charge in [0, 0.05) is 41.9 Å². The molecule has 1 amide bonds. The fourth-order valence-electron chi connectivity index (χ4n) is 5.57. The smallest absolute Gasteiger partial charge is 0.309 e. The number of aromatic nitrogens is 2. The lowest BCUT2D eigenvalue weighted by Crippen LogP contribution is -2.39. The number of nitrogens with zero attached hydrogens (tertiary/aromatic N) is 3.